The first-order valence-corrected chi connectivity index (χ1v) is 5.52. The van der Waals surface area contributed by atoms with Gasteiger partial charge in [0, 0.05) is 5.92 Å². The Hall–Kier alpha value is -1.12. The molecule has 0 radical (unpaired) electrons. The second-order valence-corrected chi connectivity index (χ2v) is 4.70. The summed E-state index contributed by atoms with van der Waals surface area (Å²) in [7, 11) is 0. The van der Waals surface area contributed by atoms with E-state index in [0.717, 1.165) is 24.8 Å². The normalized spacial score (nSPS) is 35.7. The van der Waals surface area contributed by atoms with E-state index in [0.29, 0.717) is 12.8 Å². The maximum Gasteiger partial charge on any atom is 0.317 e. The highest BCUT2D eigenvalue weighted by molar-refractivity contribution is 6.06. The fourth-order valence-electron chi connectivity index (χ4n) is 2.78. The van der Waals surface area contributed by atoms with Gasteiger partial charge >= 0.3 is 5.97 Å². The van der Waals surface area contributed by atoms with Crippen LogP contribution in [-0.2, 0) is 9.59 Å². The number of carboxylic acids is 1. The van der Waals surface area contributed by atoms with Crippen molar-refractivity contribution in [3.63, 3.8) is 0 Å². The van der Waals surface area contributed by atoms with Crippen molar-refractivity contribution >= 4 is 11.8 Å². The third-order valence-electron chi connectivity index (χ3n) is 3.87. The SMILES string of the molecule is CC1=CCC2(C(=O)O)CCCCC1C2=O. The van der Waals surface area contributed by atoms with Gasteiger partial charge in [0.25, 0.3) is 0 Å². The summed E-state index contributed by atoms with van der Waals surface area (Å²) in [5.74, 6) is -1.10. The summed E-state index contributed by atoms with van der Waals surface area (Å²) in [6.07, 6.45) is 5.51. The zero-order valence-corrected chi connectivity index (χ0v) is 8.95. The van der Waals surface area contributed by atoms with Crippen LogP contribution in [0.3, 0.4) is 0 Å². The molecule has 1 saturated carbocycles. The Bertz CT molecular complexity index is 343. The molecule has 0 aromatic heterocycles. The molecule has 0 heterocycles. The third-order valence-corrected chi connectivity index (χ3v) is 3.87. The lowest BCUT2D eigenvalue weighted by Crippen LogP contribution is -2.44. The van der Waals surface area contributed by atoms with Gasteiger partial charge in [0.1, 0.15) is 5.41 Å². The van der Waals surface area contributed by atoms with E-state index in [-0.39, 0.29) is 11.7 Å². The van der Waals surface area contributed by atoms with Crippen molar-refractivity contribution in [3.05, 3.63) is 11.6 Å². The zero-order valence-electron chi connectivity index (χ0n) is 8.95. The molecular formula is C12H16O3. The monoisotopic (exact) mass is 208 g/mol. The first kappa shape index (κ1) is 10.4. The van der Waals surface area contributed by atoms with Gasteiger partial charge in [-0.1, -0.05) is 24.5 Å². The molecule has 0 aromatic carbocycles. The summed E-state index contributed by atoms with van der Waals surface area (Å²) in [5, 5.41) is 9.27. The molecule has 0 aromatic rings. The summed E-state index contributed by atoms with van der Waals surface area (Å²) < 4.78 is 0. The van der Waals surface area contributed by atoms with Crippen LogP contribution in [0.15, 0.2) is 11.6 Å². The Kier molecular flexibility index (Phi) is 2.41. The highest BCUT2D eigenvalue weighted by atomic mass is 16.4. The lowest BCUT2D eigenvalue weighted by Gasteiger charge is -2.32. The quantitative estimate of drug-likeness (QED) is 0.530. The van der Waals surface area contributed by atoms with Gasteiger partial charge in [-0.3, -0.25) is 9.59 Å². The second-order valence-electron chi connectivity index (χ2n) is 4.70. The molecule has 2 rings (SSSR count). The third kappa shape index (κ3) is 1.41. The van der Waals surface area contributed by atoms with Crippen LogP contribution in [0.5, 0.6) is 0 Å². The fourth-order valence-corrected chi connectivity index (χ4v) is 2.78. The molecule has 3 heteroatoms. The van der Waals surface area contributed by atoms with Gasteiger partial charge in [0.05, 0.1) is 0 Å². The maximum atomic E-state index is 12.2. The van der Waals surface area contributed by atoms with E-state index < -0.39 is 11.4 Å². The summed E-state index contributed by atoms with van der Waals surface area (Å²) >= 11 is 0. The molecule has 2 unspecified atom stereocenters. The van der Waals surface area contributed by atoms with Gasteiger partial charge in [-0.2, -0.15) is 0 Å². The minimum absolute atomic E-state index is 0.0486. The predicted octanol–water partition coefficient (Wildman–Crippen LogP) is 2.17. The van der Waals surface area contributed by atoms with Crippen LogP contribution in [0.1, 0.15) is 39.0 Å². The average molecular weight is 208 g/mol. The Balaban J connectivity index is 2.46. The number of hydrogen-bond donors (Lipinski definition) is 1. The molecule has 2 aliphatic rings. The van der Waals surface area contributed by atoms with Gasteiger partial charge in [-0.15, -0.1) is 0 Å². The number of hydrogen-bond acceptors (Lipinski definition) is 2. The lowest BCUT2D eigenvalue weighted by atomic mass is 9.68. The number of allylic oxidation sites excluding steroid dienone is 2. The van der Waals surface area contributed by atoms with Gasteiger partial charge in [-0.25, -0.2) is 0 Å². The van der Waals surface area contributed by atoms with Crippen LogP contribution in [0.2, 0.25) is 0 Å². The number of carbonyl (C=O) groups is 2. The minimum atomic E-state index is -1.10. The second kappa shape index (κ2) is 3.47. The lowest BCUT2D eigenvalue weighted by molar-refractivity contribution is -0.156. The molecule has 0 saturated heterocycles. The molecule has 82 valence electrons. The molecular weight excluding hydrogens is 192 g/mol. The minimum Gasteiger partial charge on any atom is -0.480 e. The van der Waals surface area contributed by atoms with E-state index in [1.54, 1.807) is 0 Å². The van der Waals surface area contributed by atoms with E-state index >= 15 is 0 Å². The van der Waals surface area contributed by atoms with E-state index in [9.17, 15) is 14.7 Å². The van der Waals surface area contributed by atoms with Crippen molar-refractivity contribution < 1.29 is 14.7 Å². The van der Waals surface area contributed by atoms with Gasteiger partial charge in [0.2, 0.25) is 0 Å². The van der Waals surface area contributed by atoms with Gasteiger partial charge in [0.15, 0.2) is 5.78 Å². The van der Waals surface area contributed by atoms with Crippen molar-refractivity contribution in [2.24, 2.45) is 11.3 Å². The fraction of sp³-hybridized carbons (Fsp3) is 0.667. The van der Waals surface area contributed by atoms with Crippen molar-refractivity contribution in [2.75, 3.05) is 0 Å². The van der Waals surface area contributed by atoms with E-state index in [1.165, 1.54) is 0 Å². The highest BCUT2D eigenvalue weighted by Gasteiger charge is 2.50. The van der Waals surface area contributed by atoms with E-state index in [4.69, 9.17) is 0 Å². The van der Waals surface area contributed by atoms with Crippen molar-refractivity contribution in [2.45, 2.75) is 39.0 Å². The molecule has 2 aliphatic carbocycles. The van der Waals surface area contributed by atoms with Gasteiger partial charge < -0.3 is 5.11 Å². The maximum absolute atomic E-state index is 12.2. The molecule has 2 bridgehead atoms. The van der Waals surface area contributed by atoms with Crippen LogP contribution in [0.4, 0.5) is 0 Å². The standard InChI is InChI=1S/C12H16O3/c1-8-5-7-12(11(14)15)6-3-2-4-9(8)10(12)13/h5,9H,2-4,6-7H2,1H3,(H,14,15). The van der Waals surface area contributed by atoms with Crippen LogP contribution in [-0.4, -0.2) is 16.9 Å². The van der Waals surface area contributed by atoms with Crippen molar-refractivity contribution in [1.29, 1.82) is 0 Å². The van der Waals surface area contributed by atoms with Crippen LogP contribution in [0.25, 0.3) is 0 Å². The molecule has 1 fully saturated rings. The number of aliphatic carboxylic acids is 1. The summed E-state index contributed by atoms with van der Waals surface area (Å²) in [6, 6.07) is 0. The number of carboxylic acid groups (broad SMARTS) is 1. The number of carbonyl (C=O) groups excluding carboxylic acids is 1. The summed E-state index contributed by atoms with van der Waals surface area (Å²) in [4.78, 5) is 23.5. The van der Waals surface area contributed by atoms with E-state index in [1.807, 2.05) is 13.0 Å². The van der Waals surface area contributed by atoms with E-state index in [2.05, 4.69) is 0 Å². The molecule has 2 atom stereocenters. The van der Waals surface area contributed by atoms with Crippen LogP contribution >= 0.6 is 0 Å². The zero-order chi connectivity index (χ0) is 11.1. The molecule has 3 nitrogen and oxygen atoms in total. The molecule has 1 N–H and O–H groups in total. The first-order chi connectivity index (χ1) is 7.08. The Morgan fingerprint density at radius 1 is 1.53 bits per heavy atom. The van der Waals surface area contributed by atoms with Crippen molar-refractivity contribution in [1.82, 2.24) is 0 Å². The number of Topliss-reactive ketones (excluding diaryl/α,β-unsaturated/α-hetero) is 1. The Labute approximate surface area is 89.2 Å². The smallest absolute Gasteiger partial charge is 0.317 e. The molecule has 0 amide bonds. The van der Waals surface area contributed by atoms with Crippen molar-refractivity contribution in [3.8, 4) is 0 Å². The summed E-state index contributed by atoms with van der Waals surface area (Å²) in [5.41, 5.74) is -0.0282. The van der Waals surface area contributed by atoms with Gasteiger partial charge in [-0.05, 0) is 26.2 Å². The Morgan fingerprint density at radius 2 is 2.27 bits per heavy atom. The first-order valence-electron chi connectivity index (χ1n) is 5.52. The topological polar surface area (TPSA) is 54.4 Å². The van der Waals surface area contributed by atoms with Crippen LogP contribution in [0, 0.1) is 11.3 Å². The summed E-state index contributed by atoms with van der Waals surface area (Å²) in [6.45, 7) is 1.94. The highest BCUT2D eigenvalue weighted by Crippen LogP contribution is 2.44. The van der Waals surface area contributed by atoms with Crippen LogP contribution < -0.4 is 0 Å². The average Bonchev–Trinajstić information content (AvgIpc) is 2.28. The molecule has 0 spiro atoms. The number of ketones is 1. The predicted molar refractivity (Wildman–Crippen MR) is 55.4 cm³/mol. The number of rotatable bonds is 1. The largest absolute Gasteiger partial charge is 0.480 e. The molecule has 0 aliphatic heterocycles. The number of fused-ring (bicyclic) bond motifs is 2. The Morgan fingerprint density at radius 3 is 2.93 bits per heavy atom. The molecule has 15 heavy (non-hydrogen) atoms.